The lowest BCUT2D eigenvalue weighted by Gasteiger charge is -2.23. The molecule has 4 aromatic rings. The molecule has 1 saturated heterocycles. The van der Waals surface area contributed by atoms with E-state index in [9.17, 15) is 14.7 Å². The van der Waals surface area contributed by atoms with Gasteiger partial charge in [-0.15, -0.1) is 10.2 Å². The number of carbonyl (C=O) groups excluding carboxylic acids is 2. The summed E-state index contributed by atoms with van der Waals surface area (Å²) in [6, 6.07) is 21.3. The van der Waals surface area contributed by atoms with E-state index in [0.717, 1.165) is 11.1 Å². The number of ketones is 1. The van der Waals surface area contributed by atoms with Crippen LogP contribution in [0.5, 0.6) is 11.5 Å². The lowest BCUT2D eigenvalue weighted by molar-refractivity contribution is -0.132. The van der Waals surface area contributed by atoms with Crippen LogP contribution >= 0.6 is 23.1 Å². The van der Waals surface area contributed by atoms with E-state index in [-0.39, 0.29) is 23.1 Å². The number of aliphatic hydroxyl groups is 1. The molecule has 5 rings (SSSR count). The molecule has 0 aliphatic carbocycles. The Bertz CT molecular complexity index is 1630. The largest absolute Gasteiger partial charge is 0.507 e. The van der Waals surface area contributed by atoms with Gasteiger partial charge in [-0.05, 0) is 37.1 Å². The maximum absolute atomic E-state index is 13.6. The highest BCUT2D eigenvalue weighted by Gasteiger charge is 2.48. The molecule has 8 nitrogen and oxygen atoms in total. The Morgan fingerprint density at radius 1 is 1.05 bits per heavy atom. The Morgan fingerprint density at radius 3 is 2.52 bits per heavy atom. The zero-order valence-electron chi connectivity index (χ0n) is 23.1. The Hall–Kier alpha value is -4.41. The third-order valence-corrected chi connectivity index (χ3v) is 8.64. The zero-order chi connectivity index (χ0) is 29.6. The van der Waals surface area contributed by atoms with E-state index in [4.69, 9.17) is 9.47 Å². The summed E-state index contributed by atoms with van der Waals surface area (Å²) in [5, 5.41) is 20.3. The van der Waals surface area contributed by atoms with Gasteiger partial charge in [-0.3, -0.25) is 14.5 Å². The number of benzene rings is 3. The monoisotopic (exact) mass is 599 g/mol. The molecule has 10 heteroatoms. The van der Waals surface area contributed by atoms with Crippen LogP contribution in [0, 0.1) is 6.92 Å². The van der Waals surface area contributed by atoms with E-state index in [1.54, 1.807) is 36.4 Å². The smallest absolute Gasteiger partial charge is 0.301 e. The Morgan fingerprint density at radius 2 is 1.81 bits per heavy atom. The van der Waals surface area contributed by atoms with Crippen LogP contribution in [0.25, 0.3) is 5.76 Å². The van der Waals surface area contributed by atoms with Gasteiger partial charge >= 0.3 is 5.91 Å². The quantitative estimate of drug-likeness (QED) is 0.0506. The predicted molar refractivity (Wildman–Crippen MR) is 165 cm³/mol. The second kappa shape index (κ2) is 13.1. The lowest BCUT2D eigenvalue weighted by Crippen LogP contribution is -2.29. The average molecular weight is 600 g/mol. The number of aliphatic hydroxyl groups excluding tert-OH is 1. The van der Waals surface area contributed by atoms with E-state index >= 15 is 0 Å². The number of aromatic nitrogens is 2. The van der Waals surface area contributed by atoms with Crippen molar-refractivity contribution >= 4 is 45.7 Å². The molecule has 2 heterocycles. The molecule has 1 fully saturated rings. The van der Waals surface area contributed by atoms with Gasteiger partial charge in [-0.25, -0.2) is 0 Å². The fourth-order valence-electron chi connectivity index (χ4n) is 4.52. The number of hydrogen-bond donors (Lipinski definition) is 1. The maximum atomic E-state index is 13.6. The third-order valence-electron chi connectivity index (χ3n) is 6.52. The number of rotatable bonds is 11. The first-order valence-electron chi connectivity index (χ1n) is 13.3. The van der Waals surface area contributed by atoms with Crippen molar-refractivity contribution in [2.24, 2.45) is 0 Å². The second-order valence-corrected chi connectivity index (χ2v) is 11.6. The number of Topliss-reactive ketones (excluding diaryl/α,β-unsaturated/α-hetero) is 1. The van der Waals surface area contributed by atoms with Gasteiger partial charge in [0.15, 0.2) is 15.8 Å². The van der Waals surface area contributed by atoms with E-state index in [2.05, 4.69) is 16.8 Å². The molecule has 1 aromatic heterocycles. The third kappa shape index (κ3) is 6.09. The lowest BCUT2D eigenvalue weighted by atomic mass is 9.95. The van der Waals surface area contributed by atoms with Crippen molar-refractivity contribution in [2.45, 2.75) is 30.0 Å². The summed E-state index contributed by atoms with van der Waals surface area (Å²) >= 11 is 2.71. The van der Waals surface area contributed by atoms with Crippen LogP contribution in [-0.4, -0.2) is 40.2 Å². The fourth-order valence-corrected chi connectivity index (χ4v) is 6.34. The molecule has 1 unspecified atom stereocenters. The van der Waals surface area contributed by atoms with Crippen LogP contribution in [0.15, 0.2) is 95.4 Å². The molecular weight excluding hydrogens is 571 g/mol. The van der Waals surface area contributed by atoms with Crippen molar-refractivity contribution < 1.29 is 24.2 Å². The highest BCUT2D eigenvalue weighted by Crippen LogP contribution is 2.45. The van der Waals surface area contributed by atoms with Crippen LogP contribution in [0.2, 0.25) is 0 Å². The standard InChI is InChI=1S/C32H29N3O5S2/c1-4-17-40-24-16-15-23(18-25(24)39-5-2)27-26(28(36)22-13-11-20(3)12-14-22)29(37)30(38)35(27)31-33-34-32(42-31)41-19-21-9-7-6-8-10-21/h4,6-16,18,27,36H,1,5,17,19H2,2-3H3. The van der Waals surface area contributed by atoms with Crippen LogP contribution in [0.3, 0.4) is 0 Å². The molecule has 1 atom stereocenters. The van der Waals surface area contributed by atoms with E-state index in [1.807, 2.05) is 56.3 Å². The number of hydrogen-bond acceptors (Lipinski definition) is 9. The zero-order valence-corrected chi connectivity index (χ0v) is 24.8. The molecule has 214 valence electrons. The van der Waals surface area contributed by atoms with Gasteiger partial charge in [-0.1, -0.05) is 102 Å². The summed E-state index contributed by atoms with van der Waals surface area (Å²) in [5.74, 6) is -0.268. The molecule has 0 spiro atoms. The molecule has 3 aromatic carbocycles. The number of nitrogens with zero attached hydrogens (tertiary/aromatic N) is 3. The van der Waals surface area contributed by atoms with Crippen molar-refractivity contribution in [3.8, 4) is 11.5 Å². The van der Waals surface area contributed by atoms with Crippen molar-refractivity contribution in [3.63, 3.8) is 0 Å². The predicted octanol–water partition coefficient (Wildman–Crippen LogP) is 6.73. The number of ether oxygens (including phenoxy) is 2. The first-order chi connectivity index (χ1) is 20.4. The van der Waals surface area contributed by atoms with E-state index in [0.29, 0.717) is 39.3 Å². The van der Waals surface area contributed by atoms with Crippen LogP contribution in [-0.2, 0) is 15.3 Å². The Balaban J connectivity index is 1.59. The second-order valence-electron chi connectivity index (χ2n) is 9.40. The van der Waals surface area contributed by atoms with Gasteiger partial charge < -0.3 is 14.6 Å². The average Bonchev–Trinajstić information content (AvgIpc) is 3.58. The van der Waals surface area contributed by atoms with Crippen molar-refractivity contribution in [3.05, 3.63) is 113 Å². The summed E-state index contributed by atoms with van der Waals surface area (Å²) in [6.07, 6.45) is 1.63. The highest BCUT2D eigenvalue weighted by molar-refractivity contribution is 8.00. The normalized spacial score (nSPS) is 16.0. The van der Waals surface area contributed by atoms with Crippen LogP contribution < -0.4 is 14.4 Å². The van der Waals surface area contributed by atoms with Crippen molar-refractivity contribution in [2.75, 3.05) is 18.1 Å². The molecule has 42 heavy (non-hydrogen) atoms. The fraction of sp³-hybridized carbons (Fsp3) is 0.188. The number of anilines is 1. The van der Waals surface area contributed by atoms with Crippen molar-refractivity contribution in [1.29, 1.82) is 0 Å². The molecule has 0 saturated carbocycles. The van der Waals surface area contributed by atoms with Crippen LogP contribution in [0.4, 0.5) is 5.13 Å². The SMILES string of the molecule is C=CCOc1ccc(C2C(=C(O)c3ccc(C)cc3)C(=O)C(=O)N2c2nnc(SCc3ccccc3)s2)cc1OCC. The van der Waals surface area contributed by atoms with E-state index < -0.39 is 17.7 Å². The van der Waals surface area contributed by atoms with Gasteiger partial charge in [0.1, 0.15) is 12.4 Å². The summed E-state index contributed by atoms with van der Waals surface area (Å²) < 4.78 is 12.3. The van der Waals surface area contributed by atoms with Gasteiger partial charge in [0.2, 0.25) is 5.13 Å². The topological polar surface area (TPSA) is 102 Å². The minimum Gasteiger partial charge on any atom is -0.507 e. The summed E-state index contributed by atoms with van der Waals surface area (Å²) in [4.78, 5) is 28.5. The number of carbonyl (C=O) groups is 2. The first kappa shape index (κ1) is 29.1. The molecule has 1 aliphatic rings. The van der Waals surface area contributed by atoms with Gasteiger partial charge in [0.25, 0.3) is 5.78 Å². The number of thioether (sulfide) groups is 1. The number of amides is 1. The van der Waals surface area contributed by atoms with Gasteiger partial charge in [-0.2, -0.15) is 0 Å². The Labute approximate surface area is 252 Å². The Kier molecular flexibility index (Phi) is 9.04. The summed E-state index contributed by atoms with van der Waals surface area (Å²) in [7, 11) is 0. The molecule has 1 aliphatic heterocycles. The number of aryl methyl sites for hydroxylation is 1. The molecule has 1 N–H and O–H groups in total. The molecule has 0 radical (unpaired) electrons. The summed E-state index contributed by atoms with van der Waals surface area (Å²) in [6.45, 7) is 8.12. The van der Waals surface area contributed by atoms with Gasteiger partial charge in [0, 0.05) is 11.3 Å². The molecule has 1 amide bonds. The minimum absolute atomic E-state index is 0.0419. The maximum Gasteiger partial charge on any atom is 0.301 e. The van der Waals surface area contributed by atoms with Crippen LogP contribution in [0.1, 0.15) is 35.2 Å². The van der Waals surface area contributed by atoms with Crippen molar-refractivity contribution in [1.82, 2.24) is 10.2 Å². The van der Waals surface area contributed by atoms with Gasteiger partial charge in [0.05, 0.1) is 18.2 Å². The minimum atomic E-state index is -0.973. The highest BCUT2D eigenvalue weighted by atomic mass is 32.2. The van der Waals surface area contributed by atoms with E-state index in [1.165, 1.54) is 28.0 Å². The summed E-state index contributed by atoms with van der Waals surface area (Å²) in [5.41, 5.74) is 3.05. The molecular formula is C32H29N3O5S2. The first-order valence-corrected chi connectivity index (χ1v) is 15.1. The molecule has 0 bridgehead atoms.